The van der Waals surface area contributed by atoms with Crippen molar-refractivity contribution in [2.75, 3.05) is 26.4 Å². The summed E-state index contributed by atoms with van der Waals surface area (Å²) in [6.45, 7) is 5.08. The van der Waals surface area contributed by atoms with Gasteiger partial charge in [-0.3, -0.25) is 0 Å². The summed E-state index contributed by atoms with van der Waals surface area (Å²) in [5, 5.41) is 15.0. The van der Waals surface area contributed by atoms with Crippen LogP contribution in [0.15, 0.2) is 29.4 Å². The van der Waals surface area contributed by atoms with Gasteiger partial charge in [-0.15, -0.1) is 0 Å². The van der Waals surface area contributed by atoms with Crippen molar-refractivity contribution in [2.45, 2.75) is 18.9 Å². The van der Waals surface area contributed by atoms with Crippen LogP contribution < -0.4 is 15.8 Å². The monoisotopic (exact) mass is 279 g/mol. The Labute approximate surface area is 118 Å². The van der Waals surface area contributed by atoms with Crippen molar-refractivity contribution in [1.82, 2.24) is 5.32 Å². The SMILES string of the molecule is CC1(NCCOc2ccc(/C(N)=N/O)cc2)CCOC1. The number of hydrogen-bond donors (Lipinski definition) is 3. The maximum Gasteiger partial charge on any atom is 0.170 e. The standard InChI is InChI=1S/C14H21N3O3/c1-14(6-8-19-10-14)16-7-9-20-12-4-2-11(3-5-12)13(15)17-18/h2-5,16,18H,6-10H2,1H3,(H2,15,17). The minimum absolute atomic E-state index is 0.0687. The lowest BCUT2D eigenvalue weighted by Crippen LogP contribution is -2.44. The molecule has 1 aromatic rings. The van der Waals surface area contributed by atoms with Crippen LogP contribution in [0.25, 0.3) is 0 Å². The molecule has 4 N–H and O–H groups in total. The maximum atomic E-state index is 8.57. The lowest BCUT2D eigenvalue weighted by molar-refractivity contribution is 0.169. The van der Waals surface area contributed by atoms with E-state index in [1.165, 1.54) is 0 Å². The Kier molecular flexibility index (Phi) is 4.81. The molecule has 1 heterocycles. The van der Waals surface area contributed by atoms with Crippen molar-refractivity contribution in [3.63, 3.8) is 0 Å². The first-order chi connectivity index (χ1) is 9.63. The largest absolute Gasteiger partial charge is 0.492 e. The van der Waals surface area contributed by atoms with E-state index in [4.69, 9.17) is 20.4 Å². The van der Waals surface area contributed by atoms with E-state index in [0.717, 1.165) is 31.9 Å². The number of nitrogens with zero attached hydrogens (tertiary/aromatic N) is 1. The predicted molar refractivity (Wildman–Crippen MR) is 76.3 cm³/mol. The molecule has 20 heavy (non-hydrogen) atoms. The highest BCUT2D eigenvalue weighted by molar-refractivity contribution is 5.97. The van der Waals surface area contributed by atoms with Crippen LogP contribution in [0.4, 0.5) is 0 Å². The van der Waals surface area contributed by atoms with Crippen molar-refractivity contribution in [3.8, 4) is 5.75 Å². The Balaban J connectivity index is 1.74. The molecule has 2 rings (SSSR count). The average Bonchev–Trinajstić information content (AvgIpc) is 2.90. The molecule has 1 aromatic carbocycles. The number of rotatable bonds is 6. The van der Waals surface area contributed by atoms with Gasteiger partial charge in [-0.2, -0.15) is 0 Å². The lowest BCUT2D eigenvalue weighted by Gasteiger charge is -2.23. The van der Waals surface area contributed by atoms with E-state index in [-0.39, 0.29) is 11.4 Å². The van der Waals surface area contributed by atoms with Gasteiger partial charge in [0.2, 0.25) is 0 Å². The Bertz CT molecular complexity index is 453. The summed E-state index contributed by atoms with van der Waals surface area (Å²) in [6.07, 6.45) is 1.03. The molecular formula is C14H21N3O3. The van der Waals surface area contributed by atoms with E-state index in [1.54, 1.807) is 24.3 Å². The molecule has 0 aliphatic carbocycles. The van der Waals surface area contributed by atoms with Gasteiger partial charge in [-0.1, -0.05) is 5.16 Å². The van der Waals surface area contributed by atoms with Gasteiger partial charge in [0.1, 0.15) is 12.4 Å². The molecule has 0 aromatic heterocycles. The van der Waals surface area contributed by atoms with E-state index in [2.05, 4.69) is 17.4 Å². The molecule has 0 bridgehead atoms. The molecule has 1 aliphatic heterocycles. The number of benzene rings is 1. The van der Waals surface area contributed by atoms with Gasteiger partial charge >= 0.3 is 0 Å². The first kappa shape index (κ1) is 14.6. The molecule has 0 saturated carbocycles. The van der Waals surface area contributed by atoms with Crippen LogP contribution in [0.1, 0.15) is 18.9 Å². The first-order valence-corrected chi connectivity index (χ1v) is 6.66. The van der Waals surface area contributed by atoms with Gasteiger partial charge in [0, 0.05) is 24.3 Å². The smallest absolute Gasteiger partial charge is 0.170 e. The minimum Gasteiger partial charge on any atom is -0.492 e. The summed E-state index contributed by atoms with van der Waals surface area (Å²) in [6, 6.07) is 7.11. The summed E-state index contributed by atoms with van der Waals surface area (Å²) in [4.78, 5) is 0. The summed E-state index contributed by atoms with van der Waals surface area (Å²) in [5.41, 5.74) is 6.22. The summed E-state index contributed by atoms with van der Waals surface area (Å²) >= 11 is 0. The van der Waals surface area contributed by atoms with Crippen LogP contribution in [0.3, 0.4) is 0 Å². The number of oxime groups is 1. The number of ether oxygens (including phenoxy) is 2. The second-order valence-corrected chi connectivity index (χ2v) is 5.15. The zero-order valence-corrected chi connectivity index (χ0v) is 11.6. The third kappa shape index (κ3) is 3.85. The number of amidine groups is 1. The van der Waals surface area contributed by atoms with Gasteiger partial charge < -0.3 is 25.7 Å². The summed E-state index contributed by atoms with van der Waals surface area (Å²) < 4.78 is 11.0. The highest BCUT2D eigenvalue weighted by atomic mass is 16.5. The molecule has 1 aliphatic rings. The Hall–Kier alpha value is -1.79. The van der Waals surface area contributed by atoms with Crippen molar-refractivity contribution < 1.29 is 14.7 Å². The van der Waals surface area contributed by atoms with Crippen LogP contribution in [0.5, 0.6) is 5.75 Å². The second-order valence-electron chi connectivity index (χ2n) is 5.15. The highest BCUT2D eigenvalue weighted by Crippen LogP contribution is 2.17. The minimum atomic E-state index is 0.0687. The fourth-order valence-corrected chi connectivity index (χ4v) is 2.11. The van der Waals surface area contributed by atoms with Crippen molar-refractivity contribution >= 4 is 5.84 Å². The Morgan fingerprint density at radius 3 is 2.85 bits per heavy atom. The maximum absolute atomic E-state index is 8.57. The summed E-state index contributed by atoms with van der Waals surface area (Å²) in [5.74, 6) is 0.849. The molecule has 0 amide bonds. The molecule has 0 radical (unpaired) electrons. The molecule has 1 saturated heterocycles. The molecular weight excluding hydrogens is 258 g/mol. The van der Waals surface area contributed by atoms with Crippen molar-refractivity contribution in [1.29, 1.82) is 0 Å². The van der Waals surface area contributed by atoms with Crippen LogP contribution in [0, 0.1) is 0 Å². The third-order valence-electron chi connectivity index (χ3n) is 3.40. The molecule has 1 fully saturated rings. The van der Waals surface area contributed by atoms with Crippen LogP contribution in [-0.4, -0.2) is 42.9 Å². The van der Waals surface area contributed by atoms with Gasteiger partial charge in [-0.25, -0.2) is 0 Å². The molecule has 110 valence electrons. The Morgan fingerprint density at radius 2 is 2.25 bits per heavy atom. The number of hydrogen-bond acceptors (Lipinski definition) is 5. The van der Waals surface area contributed by atoms with Gasteiger partial charge in [-0.05, 0) is 37.6 Å². The Morgan fingerprint density at radius 1 is 1.50 bits per heavy atom. The van der Waals surface area contributed by atoms with E-state index in [9.17, 15) is 0 Å². The van der Waals surface area contributed by atoms with E-state index in [1.807, 2.05) is 0 Å². The van der Waals surface area contributed by atoms with Crippen LogP contribution in [-0.2, 0) is 4.74 Å². The molecule has 6 nitrogen and oxygen atoms in total. The molecule has 1 atom stereocenters. The molecule has 0 spiro atoms. The summed E-state index contributed by atoms with van der Waals surface area (Å²) in [7, 11) is 0. The first-order valence-electron chi connectivity index (χ1n) is 6.66. The van der Waals surface area contributed by atoms with Crippen molar-refractivity contribution in [2.24, 2.45) is 10.9 Å². The fraction of sp³-hybridized carbons (Fsp3) is 0.500. The zero-order chi connectivity index (χ0) is 14.4. The highest BCUT2D eigenvalue weighted by Gasteiger charge is 2.28. The van der Waals surface area contributed by atoms with Crippen LogP contribution >= 0.6 is 0 Å². The zero-order valence-electron chi connectivity index (χ0n) is 11.6. The van der Waals surface area contributed by atoms with Crippen molar-refractivity contribution in [3.05, 3.63) is 29.8 Å². The van der Waals surface area contributed by atoms with Gasteiger partial charge in [0.15, 0.2) is 5.84 Å². The second kappa shape index (κ2) is 6.58. The predicted octanol–water partition coefficient (Wildman–Crippen LogP) is 0.928. The normalized spacial score (nSPS) is 22.9. The van der Waals surface area contributed by atoms with E-state index >= 15 is 0 Å². The third-order valence-corrected chi connectivity index (χ3v) is 3.40. The van der Waals surface area contributed by atoms with E-state index in [0.29, 0.717) is 12.2 Å². The van der Waals surface area contributed by atoms with E-state index < -0.39 is 0 Å². The van der Waals surface area contributed by atoms with Gasteiger partial charge in [0.05, 0.1) is 6.61 Å². The van der Waals surface area contributed by atoms with Crippen LogP contribution in [0.2, 0.25) is 0 Å². The lowest BCUT2D eigenvalue weighted by atomic mass is 10.0. The quantitative estimate of drug-likeness (QED) is 0.237. The van der Waals surface area contributed by atoms with Gasteiger partial charge in [0.25, 0.3) is 0 Å². The number of nitrogens with one attached hydrogen (secondary N) is 1. The molecule has 1 unspecified atom stereocenters. The molecule has 6 heteroatoms. The number of nitrogens with two attached hydrogens (primary N) is 1. The average molecular weight is 279 g/mol. The topological polar surface area (TPSA) is 89.1 Å². The fourth-order valence-electron chi connectivity index (χ4n) is 2.11.